The number of sulfone groups is 1. The lowest BCUT2D eigenvalue weighted by Crippen LogP contribution is -2.58. The van der Waals surface area contributed by atoms with Gasteiger partial charge in [0.25, 0.3) is 0 Å². The summed E-state index contributed by atoms with van der Waals surface area (Å²) in [6.45, 7) is 3.80. The van der Waals surface area contributed by atoms with Crippen molar-refractivity contribution < 1.29 is 18.0 Å². The number of hydrogen-bond acceptors (Lipinski definition) is 7. The van der Waals surface area contributed by atoms with Gasteiger partial charge in [-0.15, -0.1) is 24.8 Å². The van der Waals surface area contributed by atoms with Crippen molar-refractivity contribution in [3.05, 3.63) is 59.1 Å². The lowest BCUT2D eigenvalue weighted by molar-refractivity contribution is -0.136. The molecular formula is C23H27Cl3N6O4S. The zero-order valence-corrected chi connectivity index (χ0v) is 23.1. The lowest BCUT2D eigenvalue weighted by atomic mass is 10.1. The number of aromatic nitrogens is 2. The van der Waals surface area contributed by atoms with E-state index in [-0.39, 0.29) is 35.7 Å². The summed E-state index contributed by atoms with van der Waals surface area (Å²) in [6, 6.07) is 8.62. The molecule has 0 radical (unpaired) electrons. The summed E-state index contributed by atoms with van der Waals surface area (Å²) in [5.74, 6) is -0.263. The van der Waals surface area contributed by atoms with Gasteiger partial charge in [0.05, 0.1) is 35.1 Å². The second kappa shape index (κ2) is 11.1. The summed E-state index contributed by atoms with van der Waals surface area (Å²) in [5.41, 5.74) is 6.90. The molecule has 3 heterocycles. The van der Waals surface area contributed by atoms with Crippen LogP contribution in [0.25, 0.3) is 10.8 Å². The number of benzene rings is 2. The summed E-state index contributed by atoms with van der Waals surface area (Å²) in [4.78, 5) is 31.5. The third-order valence-electron chi connectivity index (χ3n) is 6.49. The number of imidazole rings is 1. The molecule has 1 fully saturated rings. The largest absolute Gasteiger partial charge is 0.344 e. The van der Waals surface area contributed by atoms with Crippen LogP contribution in [0, 0.1) is 6.92 Å². The van der Waals surface area contributed by atoms with Gasteiger partial charge in [-0.1, -0.05) is 23.7 Å². The van der Waals surface area contributed by atoms with E-state index in [2.05, 4.69) is 4.98 Å². The smallest absolute Gasteiger partial charge is 0.339 e. The molecule has 14 heteroatoms. The molecule has 3 aromatic rings. The molecule has 2 N–H and O–H groups in total. The van der Waals surface area contributed by atoms with Crippen molar-refractivity contribution >= 4 is 69.0 Å². The zero-order valence-electron chi connectivity index (χ0n) is 19.9. The molecule has 2 aromatic carbocycles. The van der Waals surface area contributed by atoms with Gasteiger partial charge in [0.15, 0.2) is 9.84 Å². The third kappa shape index (κ3) is 5.57. The highest BCUT2D eigenvalue weighted by atomic mass is 35.5. The molecule has 1 atom stereocenters. The molecule has 37 heavy (non-hydrogen) atoms. The number of fused-ring (bicyclic) bond motifs is 2. The van der Waals surface area contributed by atoms with E-state index in [0.29, 0.717) is 43.6 Å². The van der Waals surface area contributed by atoms with Gasteiger partial charge in [0.1, 0.15) is 5.82 Å². The zero-order chi connectivity index (χ0) is 24.9. The quantitative estimate of drug-likeness (QED) is 0.485. The van der Waals surface area contributed by atoms with Gasteiger partial charge in [-0.3, -0.25) is 9.80 Å². The maximum Gasteiger partial charge on any atom is 0.344 e. The lowest BCUT2D eigenvalue weighted by Gasteiger charge is -2.39. The molecule has 2 aliphatic rings. The first-order valence-corrected chi connectivity index (χ1v) is 13.2. The summed E-state index contributed by atoms with van der Waals surface area (Å²) in [7, 11) is -3.78. The summed E-state index contributed by atoms with van der Waals surface area (Å²) in [6.07, 6.45) is 1.69. The highest BCUT2D eigenvalue weighted by Crippen LogP contribution is 2.24. The van der Waals surface area contributed by atoms with Crippen molar-refractivity contribution in [1.82, 2.24) is 24.5 Å². The number of hydrogen-bond donors (Lipinski definition) is 1. The first-order valence-electron chi connectivity index (χ1n) is 11.2. The van der Waals surface area contributed by atoms with E-state index in [9.17, 15) is 18.0 Å². The Kier molecular flexibility index (Phi) is 8.78. The van der Waals surface area contributed by atoms with Gasteiger partial charge in [-0.05, 0) is 42.0 Å². The molecule has 0 bridgehead atoms. The highest BCUT2D eigenvalue weighted by molar-refractivity contribution is 7.91. The molecule has 5 rings (SSSR count). The monoisotopic (exact) mass is 588 g/mol. The number of piperazine rings is 1. The minimum absolute atomic E-state index is 0. The Labute approximate surface area is 232 Å². The molecular weight excluding hydrogens is 563 g/mol. The Bertz CT molecular complexity index is 1440. The SMILES string of the molecule is Cc1ncc2n1C(=O)N(N1CCN(C(=O)[C@H](N)CS(=O)(=O)c3ccc4cc(Cl)ccc4c3)CC1)C2.Cl.Cl. The van der Waals surface area contributed by atoms with Crippen molar-refractivity contribution in [3.63, 3.8) is 0 Å². The standard InChI is InChI=1S/C23H25ClN6O4S.2ClH/c1-15-26-12-19-13-29(23(32)30(15)19)28-8-6-27(7-9-28)22(31)21(25)14-35(33,34)20-5-3-16-10-18(24)4-2-17(16)11-20;;/h2-5,10-12,21H,6-9,13-14,25H2,1H3;2*1H/t21-;;/m1../s1. The number of hydrazine groups is 1. The summed E-state index contributed by atoms with van der Waals surface area (Å²) in [5, 5.41) is 5.69. The maximum absolute atomic E-state index is 13.0. The van der Waals surface area contributed by atoms with E-state index in [1.165, 1.54) is 6.07 Å². The van der Waals surface area contributed by atoms with Crippen LogP contribution < -0.4 is 5.73 Å². The summed E-state index contributed by atoms with van der Waals surface area (Å²) >= 11 is 6.00. The van der Waals surface area contributed by atoms with E-state index < -0.39 is 27.5 Å². The molecule has 0 aliphatic carbocycles. The topological polar surface area (TPSA) is 122 Å². The minimum atomic E-state index is -3.78. The predicted octanol–water partition coefficient (Wildman–Crippen LogP) is 2.49. The molecule has 2 amide bonds. The number of halogens is 3. The number of carbonyl (C=O) groups excluding carboxylic acids is 2. The first kappa shape index (κ1) is 29.2. The molecule has 0 unspecified atom stereocenters. The number of nitrogens with two attached hydrogens (primary N) is 1. The van der Waals surface area contributed by atoms with Gasteiger partial charge >= 0.3 is 6.03 Å². The van der Waals surface area contributed by atoms with E-state index in [4.69, 9.17) is 17.3 Å². The molecule has 0 saturated carbocycles. The fraction of sp³-hybridized carbons (Fsp3) is 0.348. The molecule has 2 aliphatic heterocycles. The van der Waals surface area contributed by atoms with E-state index >= 15 is 0 Å². The Morgan fingerprint density at radius 1 is 1.08 bits per heavy atom. The van der Waals surface area contributed by atoms with Gasteiger partial charge < -0.3 is 10.6 Å². The molecule has 10 nitrogen and oxygen atoms in total. The van der Waals surface area contributed by atoms with Crippen molar-refractivity contribution in [3.8, 4) is 0 Å². The van der Waals surface area contributed by atoms with E-state index in [1.807, 2.05) is 5.01 Å². The number of carbonyl (C=O) groups is 2. The summed E-state index contributed by atoms with van der Waals surface area (Å²) < 4.78 is 27.5. The molecule has 200 valence electrons. The van der Waals surface area contributed by atoms with E-state index in [1.54, 1.807) is 57.9 Å². The Morgan fingerprint density at radius 2 is 1.73 bits per heavy atom. The second-order valence-corrected chi connectivity index (χ2v) is 11.3. The van der Waals surface area contributed by atoms with Gasteiger partial charge in [0.2, 0.25) is 5.91 Å². The van der Waals surface area contributed by atoms with Crippen LogP contribution in [-0.2, 0) is 21.2 Å². The second-order valence-electron chi connectivity index (χ2n) is 8.79. The van der Waals surface area contributed by atoms with Gasteiger partial charge in [-0.2, -0.15) is 0 Å². The molecule has 1 saturated heterocycles. The number of rotatable bonds is 5. The molecule has 0 spiro atoms. The van der Waals surface area contributed by atoms with Crippen LogP contribution in [0.1, 0.15) is 11.5 Å². The van der Waals surface area contributed by atoms with Crippen LogP contribution in [0.2, 0.25) is 5.02 Å². The van der Waals surface area contributed by atoms with Crippen LogP contribution in [0.5, 0.6) is 0 Å². The average molecular weight is 590 g/mol. The predicted molar refractivity (Wildman–Crippen MR) is 145 cm³/mol. The number of amides is 2. The van der Waals surface area contributed by atoms with Crippen molar-refractivity contribution in [2.75, 3.05) is 31.9 Å². The van der Waals surface area contributed by atoms with E-state index in [0.717, 1.165) is 16.5 Å². The average Bonchev–Trinajstić information content (AvgIpc) is 3.37. The van der Waals surface area contributed by atoms with Crippen molar-refractivity contribution in [2.45, 2.75) is 24.4 Å². The van der Waals surface area contributed by atoms with Crippen LogP contribution >= 0.6 is 36.4 Å². The highest BCUT2D eigenvalue weighted by Gasteiger charge is 2.36. The van der Waals surface area contributed by atoms with Gasteiger partial charge in [0, 0.05) is 31.2 Å². The third-order valence-corrected chi connectivity index (χ3v) is 8.50. The van der Waals surface area contributed by atoms with Crippen LogP contribution in [0.15, 0.2) is 47.5 Å². The van der Waals surface area contributed by atoms with Gasteiger partial charge in [-0.25, -0.2) is 27.8 Å². The van der Waals surface area contributed by atoms with Crippen molar-refractivity contribution in [1.29, 1.82) is 0 Å². The molecule has 1 aromatic heterocycles. The minimum Gasteiger partial charge on any atom is -0.339 e. The fourth-order valence-corrected chi connectivity index (χ4v) is 6.18. The Balaban J connectivity index is 0.00000190. The van der Waals surface area contributed by atoms with Crippen LogP contribution in [-0.4, -0.2) is 82.8 Å². The number of aryl methyl sites for hydroxylation is 1. The normalized spacial score (nSPS) is 16.8. The Morgan fingerprint density at radius 3 is 2.41 bits per heavy atom. The number of nitrogens with zero attached hydrogens (tertiary/aromatic N) is 5. The Hall–Kier alpha value is -2.41. The van der Waals surface area contributed by atoms with Crippen molar-refractivity contribution in [2.24, 2.45) is 5.73 Å². The fourth-order valence-electron chi connectivity index (χ4n) is 4.61. The maximum atomic E-state index is 13.0. The van der Waals surface area contributed by atoms with Crippen LogP contribution in [0.3, 0.4) is 0 Å². The first-order chi connectivity index (χ1) is 16.6. The van der Waals surface area contributed by atoms with Crippen LogP contribution in [0.4, 0.5) is 4.79 Å².